The number of methoxy groups -OCH3 is 1. The first-order valence-electron chi connectivity index (χ1n) is 8.56. The van der Waals surface area contributed by atoms with Crippen LogP contribution in [0.15, 0.2) is 63.1 Å². The van der Waals surface area contributed by atoms with E-state index in [2.05, 4.69) is 4.98 Å². The Bertz CT molecular complexity index is 1240. The predicted molar refractivity (Wildman–Crippen MR) is 107 cm³/mol. The molecule has 0 atom stereocenters. The van der Waals surface area contributed by atoms with Gasteiger partial charge in [-0.15, -0.1) is 11.3 Å². The maximum atomic E-state index is 12.4. The number of carbonyl (C=O) groups is 1. The van der Waals surface area contributed by atoms with Crippen molar-refractivity contribution in [1.82, 2.24) is 4.98 Å². The van der Waals surface area contributed by atoms with Crippen LogP contribution in [0.2, 0.25) is 0 Å². The maximum absolute atomic E-state index is 12.4. The molecule has 1 N–H and O–H groups in total. The zero-order chi connectivity index (χ0) is 20.4. The average molecular weight is 409 g/mol. The average Bonchev–Trinajstić information content (AvgIpc) is 3.21. The molecule has 0 spiro atoms. The Balaban J connectivity index is 1.51. The first kappa shape index (κ1) is 18.7. The van der Waals surface area contributed by atoms with E-state index in [1.54, 1.807) is 18.6 Å². The third-order valence-electron chi connectivity index (χ3n) is 4.22. The number of fused-ring (bicyclic) bond motifs is 1. The molecular formula is C21H15NO6S. The van der Waals surface area contributed by atoms with Crippen molar-refractivity contribution in [2.75, 3.05) is 7.11 Å². The minimum atomic E-state index is -0.596. The van der Waals surface area contributed by atoms with Gasteiger partial charge in [0.05, 0.1) is 7.11 Å². The van der Waals surface area contributed by atoms with E-state index in [4.69, 9.17) is 13.9 Å². The van der Waals surface area contributed by atoms with Crippen molar-refractivity contribution in [3.8, 4) is 22.1 Å². The number of esters is 1. The van der Waals surface area contributed by atoms with Gasteiger partial charge in [0.15, 0.2) is 5.69 Å². The number of thiazole rings is 1. The van der Waals surface area contributed by atoms with Crippen LogP contribution in [0.4, 0.5) is 0 Å². The Morgan fingerprint density at radius 3 is 2.72 bits per heavy atom. The van der Waals surface area contributed by atoms with Gasteiger partial charge >= 0.3 is 11.6 Å². The highest BCUT2D eigenvalue weighted by Gasteiger charge is 2.15. The van der Waals surface area contributed by atoms with Crippen molar-refractivity contribution >= 4 is 28.3 Å². The molecule has 4 rings (SSSR count). The molecule has 0 saturated carbocycles. The van der Waals surface area contributed by atoms with Crippen LogP contribution in [-0.4, -0.2) is 23.2 Å². The normalized spacial score (nSPS) is 10.8. The number of phenolic OH excluding ortho intramolecular Hbond substituents is 1. The fourth-order valence-electron chi connectivity index (χ4n) is 2.79. The summed E-state index contributed by atoms with van der Waals surface area (Å²) in [5.74, 6) is 0.113. The lowest BCUT2D eigenvalue weighted by Gasteiger charge is -2.06. The molecule has 0 saturated heterocycles. The summed E-state index contributed by atoms with van der Waals surface area (Å²) < 4.78 is 15.5. The van der Waals surface area contributed by atoms with Gasteiger partial charge in [0.25, 0.3) is 0 Å². The summed E-state index contributed by atoms with van der Waals surface area (Å²) in [6.07, 6.45) is 0. The van der Waals surface area contributed by atoms with Crippen molar-refractivity contribution in [3.05, 3.63) is 75.6 Å². The Labute approximate surface area is 168 Å². The Morgan fingerprint density at radius 2 is 1.97 bits per heavy atom. The van der Waals surface area contributed by atoms with E-state index in [-0.39, 0.29) is 23.6 Å². The molecule has 0 aliphatic heterocycles. The van der Waals surface area contributed by atoms with Crippen LogP contribution in [0.5, 0.6) is 11.5 Å². The molecule has 0 unspecified atom stereocenters. The largest absolute Gasteiger partial charge is 0.508 e. The number of rotatable bonds is 5. The van der Waals surface area contributed by atoms with E-state index < -0.39 is 11.6 Å². The second-order valence-electron chi connectivity index (χ2n) is 6.11. The highest BCUT2D eigenvalue weighted by Crippen LogP contribution is 2.26. The molecule has 0 bridgehead atoms. The van der Waals surface area contributed by atoms with Gasteiger partial charge in [0.2, 0.25) is 0 Å². The standard InChI is InChI=1S/C21H15NO6S/c1-26-15-5-2-12(3-6-15)20-22-17(11-29-20)21(25)27-10-13-8-19(24)28-18-9-14(23)4-7-16(13)18/h2-9,11,23H,10H2,1H3. The molecular weight excluding hydrogens is 394 g/mol. The monoisotopic (exact) mass is 409 g/mol. The zero-order valence-corrected chi connectivity index (χ0v) is 16.1. The highest BCUT2D eigenvalue weighted by molar-refractivity contribution is 7.13. The number of nitrogens with zero attached hydrogens (tertiary/aromatic N) is 1. The summed E-state index contributed by atoms with van der Waals surface area (Å²) in [5.41, 5.74) is 1.16. The van der Waals surface area contributed by atoms with Crippen molar-refractivity contribution in [3.63, 3.8) is 0 Å². The van der Waals surface area contributed by atoms with E-state index in [9.17, 15) is 14.7 Å². The van der Waals surface area contributed by atoms with Gasteiger partial charge in [-0.05, 0) is 36.4 Å². The van der Waals surface area contributed by atoms with Crippen LogP contribution in [0.25, 0.3) is 21.5 Å². The smallest absolute Gasteiger partial charge is 0.358 e. The predicted octanol–water partition coefficient (Wildman–Crippen LogP) is 3.99. The molecule has 0 aliphatic carbocycles. The van der Waals surface area contributed by atoms with E-state index in [1.165, 1.54) is 29.5 Å². The Morgan fingerprint density at radius 1 is 1.17 bits per heavy atom. The van der Waals surface area contributed by atoms with E-state index >= 15 is 0 Å². The molecule has 2 heterocycles. The number of hydrogen-bond donors (Lipinski definition) is 1. The molecule has 8 heteroatoms. The van der Waals surface area contributed by atoms with Gasteiger partial charge in [0.1, 0.15) is 28.7 Å². The van der Waals surface area contributed by atoms with Crippen molar-refractivity contribution < 1.29 is 23.8 Å². The van der Waals surface area contributed by atoms with Gasteiger partial charge in [-0.1, -0.05) is 0 Å². The summed E-state index contributed by atoms with van der Waals surface area (Å²) >= 11 is 1.33. The van der Waals surface area contributed by atoms with Gasteiger partial charge < -0.3 is 19.0 Å². The molecule has 146 valence electrons. The second kappa shape index (κ2) is 7.76. The van der Waals surface area contributed by atoms with Crippen LogP contribution in [0, 0.1) is 0 Å². The minimum Gasteiger partial charge on any atom is -0.508 e. The van der Waals surface area contributed by atoms with Crippen LogP contribution in [0.3, 0.4) is 0 Å². The number of aromatic nitrogens is 1. The van der Waals surface area contributed by atoms with Gasteiger partial charge in [0, 0.05) is 34.0 Å². The maximum Gasteiger partial charge on any atom is 0.358 e. The van der Waals surface area contributed by atoms with Crippen LogP contribution < -0.4 is 10.4 Å². The molecule has 0 amide bonds. The lowest BCUT2D eigenvalue weighted by Crippen LogP contribution is -2.08. The molecule has 4 aromatic rings. The summed E-state index contributed by atoms with van der Waals surface area (Å²) in [5, 5.41) is 12.4. The summed E-state index contributed by atoms with van der Waals surface area (Å²) in [7, 11) is 1.59. The first-order chi connectivity index (χ1) is 14.0. The lowest BCUT2D eigenvalue weighted by molar-refractivity contribution is 0.0468. The van der Waals surface area contributed by atoms with Crippen LogP contribution in [-0.2, 0) is 11.3 Å². The molecule has 7 nitrogen and oxygen atoms in total. The van der Waals surface area contributed by atoms with E-state index in [0.29, 0.717) is 16.0 Å². The number of phenols is 1. The molecule has 0 fully saturated rings. The second-order valence-corrected chi connectivity index (χ2v) is 6.97. The summed E-state index contributed by atoms with van der Waals surface area (Å²) in [6, 6.07) is 13.0. The molecule has 0 radical (unpaired) electrons. The fraction of sp³-hybridized carbons (Fsp3) is 0.0952. The molecule has 29 heavy (non-hydrogen) atoms. The number of benzene rings is 2. The SMILES string of the molecule is COc1ccc(-c2nc(C(=O)OCc3cc(=O)oc4cc(O)ccc34)cs2)cc1. The van der Waals surface area contributed by atoms with E-state index in [0.717, 1.165) is 11.3 Å². The van der Waals surface area contributed by atoms with Crippen LogP contribution in [0.1, 0.15) is 16.1 Å². The quantitative estimate of drug-likeness (QED) is 0.393. The first-order valence-corrected chi connectivity index (χ1v) is 9.44. The number of hydrogen-bond acceptors (Lipinski definition) is 8. The minimum absolute atomic E-state index is 0.0247. The van der Waals surface area contributed by atoms with Gasteiger partial charge in [-0.2, -0.15) is 0 Å². The zero-order valence-electron chi connectivity index (χ0n) is 15.2. The van der Waals surface area contributed by atoms with Gasteiger partial charge in [-0.3, -0.25) is 0 Å². The number of carbonyl (C=O) groups excluding carboxylic acids is 1. The fourth-order valence-corrected chi connectivity index (χ4v) is 3.58. The Kier molecular flexibility index (Phi) is 5.01. The van der Waals surface area contributed by atoms with Gasteiger partial charge in [-0.25, -0.2) is 14.6 Å². The number of aromatic hydroxyl groups is 1. The van der Waals surface area contributed by atoms with Crippen molar-refractivity contribution in [1.29, 1.82) is 0 Å². The molecule has 2 aromatic carbocycles. The lowest BCUT2D eigenvalue weighted by atomic mass is 10.1. The topological polar surface area (TPSA) is 98.9 Å². The highest BCUT2D eigenvalue weighted by atomic mass is 32.1. The number of ether oxygens (including phenoxy) is 2. The summed E-state index contributed by atoms with van der Waals surface area (Å²) in [4.78, 5) is 28.5. The van der Waals surface area contributed by atoms with Crippen molar-refractivity contribution in [2.45, 2.75) is 6.61 Å². The third kappa shape index (κ3) is 3.97. The van der Waals surface area contributed by atoms with Crippen molar-refractivity contribution in [2.24, 2.45) is 0 Å². The third-order valence-corrected chi connectivity index (χ3v) is 5.11. The summed E-state index contributed by atoms with van der Waals surface area (Å²) in [6.45, 7) is -0.124. The molecule has 2 aromatic heterocycles. The van der Waals surface area contributed by atoms with E-state index in [1.807, 2.05) is 24.3 Å². The Hall–Kier alpha value is -3.65. The molecule has 0 aliphatic rings. The van der Waals surface area contributed by atoms with Crippen LogP contribution >= 0.6 is 11.3 Å².